The van der Waals surface area contributed by atoms with Gasteiger partial charge in [-0.3, -0.25) is 4.79 Å². The zero-order valence-corrected chi connectivity index (χ0v) is 9.75. The molecule has 0 saturated heterocycles. The monoisotopic (exact) mass is 263 g/mol. The van der Waals surface area contributed by atoms with Gasteiger partial charge >= 0.3 is 5.97 Å². The van der Waals surface area contributed by atoms with Gasteiger partial charge in [0.05, 0.1) is 11.8 Å². The van der Waals surface area contributed by atoms with Gasteiger partial charge in [-0.25, -0.2) is 9.18 Å². The molecule has 2 rings (SSSR count). The van der Waals surface area contributed by atoms with Crippen LogP contribution < -0.4 is 10.4 Å². The molecule has 0 radical (unpaired) electrons. The zero-order chi connectivity index (χ0) is 13.8. The van der Waals surface area contributed by atoms with Crippen molar-refractivity contribution < 1.29 is 19.1 Å². The molecule has 1 aromatic heterocycles. The second kappa shape index (κ2) is 5.34. The van der Waals surface area contributed by atoms with E-state index in [1.807, 2.05) is 0 Å². The van der Waals surface area contributed by atoms with Gasteiger partial charge in [0.15, 0.2) is 0 Å². The SMILES string of the molecule is O=C(O)c1ccc(=O)n(OCc2ccc(F)cc2)c1. The molecule has 6 heteroatoms. The Hall–Kier alpha value is -2.63. The van der Waals surface area contributed by atoms with Crippen molar-refractivity contribution in [3.8, 4) is 0 Å². The van der Waals surface area contributed by atoms with Crippen molar-refractivity contribution in [1.82, 2.24) is 4.73 Å². The average molecular weight is 263 g/mol. The van der Waals surface area contributed by atoms with Crippen LogP contribution in [0.5, 0.6) is 0 Å². The number of carboxylic acids is 1. The summed E-state index contributed by atoms with van der Waals surface area (Å²) in [6.07, 6.45) is 1.09. The normalized spacial score (nSPS) is 10.2. The van der Waals surface area contributed by atoms with E-state index < -0.39 is 11.5 Å². The molecule has 5 nitrogen and oxygen atoms in total. The van der Waals surface area contributed by atoms with Crippen LogP contribution in [0.3, 0.4) is 0 Å². The molecule has 1 aromatic carbocycles. The number of rotatable bonds is 4. The third kappa shape index (κ3) is 3.19. The fraction of sp³-hybridized carbons (Fsp3) is 0.0769. The maximum absolute atomic E-state index is 12.7. The van der Waals surface area contributed by atoms with Crippen LogP contribution in [-0.4, -0.2) is 15.8 Å². The van der Waals surface area contributed by atoms with Crippen molar-refractivity contribution in [3.63, 3.8) is 0 Å². The van der Waals surface area contributed by atoms with E-state index in [0.29, 0.717) is 5.56 Å². The molecule has 19 heavy (non-hydrogen) atoms. The van der Waals surface area contributed by atoms with E-state index in [9.17, 15) is 14.0 Å². The van der Waals surface area contributed by atoms with Crippen molar-refractivity contribution in [1.29, 1.82) is 0 Å². The number of pyridine rings is 1. The number of aromatic nitrogens is 1. The van der Waals surface area contributed by atoms with Crippen LogP contribution in [0.2, 0.25) is 0 Å². The Bertz CT molecular complexity index is 648. The highest BCUT2D eigenvalue weighted by molar-refractivity contribution is 5.87. The third-order valence-electron chi connectivity index (χ3n) is 2.41. The Morgan fingerprint density at radius 1 is 1.21 bits per heavy atom. The van der Waals surface area contributed by atoms with Crippen LogP contribution in [0.4, 0.5) is 4.39 Å². The Morgan fingerprint density at radius 2 is 1.89 bits per heavy atom. The summed E-state index contributed by atoms with van der Waals surface area (Å²) in [6, 6.07) is 7.88. The highest BCUT2D eigenvalue weighted by Crippen LogP contribution is 2.03. The van der Waals surface area contributed by atoms with Crippen LogP contribution in [0.1, 0.15) is 15.9 Å². The van der Waals surface area contributed by atoms with Gasteiger partial charge in [-0.05, 0) is 23.8 Å². The number of carbonyl (C=O) groups is 1. The second-order valence-electron chi connectivity index (χ2n) is 3.79. The first-order valence-corrected chi connectivity index (χ1v) is 5.40. The van der Waals surface area contributed by atoms with E-state index in [0.717, 1.165) is 17.0 Å². The topological polar surface area (TPSA) is 68.5 Å². The maximum Gasteiger partial charge on any atom is 0.337 e. The lowest BCUT2D eigenvalue weighted by Gasteiger charge is -2.08. The van der Waals surface area contributed by atoms with Gasteiger partial charge < -0.3 is 9.94 Å². The van der Waals surface area contributed by atoms with E-state index >= 15 is 0 Å². The summed E-state index contributed by atoms with van der Waals surface area (Å²) in [5, 5.41) is 8.80. The number of hydrogen-bond acceptors (Lipinski definition) is 3. The maximum atomic E-state index is 12.7. The van der Waals surface area contributed by atoms with Crippen LogP contribution >= 0.6 is 0 Å². The van der Waals surface area contributed by atoms with E-state index in [-0.39, 0.29) is 18.0 Å². The lowest BCUT2D eigenvalue weighted by Crippen LogP contribution is -2.26. The van der Waals surface area contributed by atoms with Crippen molar-refractivity contribution in [3.05, 3.63) is 69.9 Å². The fourth-order valence-electron chi connectivity index (χ4n) is 1.42. The summed E-state index contributed by atoms with van der Waals surface area (Å²) < 4.78 is 13.5. The zero-order valence-electron chi connectivity index (χ0n) is 9.75. The van der Waals surface area contributed by atoms with Crippen molar-refractivity contribution in [2.75, 3.05) is 0 Å². The number of hydrogen-bond donors (Lipinski definition) is 1. The second-order valence-corrected chi connectivity index (χ2v) is 3.79. The van der Waals surface area contributed by atoms with Gasteiger partial charge in [0.25, 0.3) is 5.56 Å². The minimum atomic E-state index is -1.15. The van der Waals surface area contributed by atoms with Gasteiger partial charge in [0.2, 0.25) is 0 Å². The molecule has 0 fully saturated rings. The molecule has 98 valence electrons. The smallest absolute Gasteiger partial charge is 0.337 e. The van der Waals surface area contributed by atoms with Crippen molar-refractivity contribution in [2.45, 2.75) is 6.61 Å². The molecule has 0 aliphatic carbocycles. The number of aromatic carboxylic acids is 1. The standard InChI is InChI=1S/C13H10FNO4/c14-11-4-1-9(2-5-11)8-19-15-7-10(13(17)18)3-6-12(15)16/h1-7H,8H2,(H,17,18). The molecule has 0 unspecified atom stereocenters. The molecule has 1 heterocycles. The molecule has 0 bridgehead atoms. The van der Waals surface area contributed by atoms with Gasteiger partial charge in [-0.15, -0.1) is 0 Å². The molecule has 0 atom stereocenters. The van der Waals surface area contributed by atoms with Crippen LogP contribution in [0.15, 0.2) is 47.4 Å². The van der Waals surface area contributed by atoms with Crippen LogP contribution in [-0.2, 0) is 6.61 Å². The first-order valence-electron chi connectivity index (χ1n) is 5.40. The molecule has 0 saturated carbocycles. The first kappa shape index (κ1) is 12.8. The number of halogens is 1. The average Bonchev–Trinajstić information content (AvgIpc) is 2.39. The molecule has 0 aliphatic heterocycles. The van der Waals surface area contributed by atoms with Crippen LogP contribution in [0.25, 0.3) is 0 Å². The van der Waals surface area contributed by atoms with Gasteiger partial charge in [0.1, 0.15) is 12.4 Å². The molecule has 2 aromatic rings. The summed E-state index contributed by atoms with van der Waals surface area (Å²) in [7, 11) is 0. The van der Waals surface area contributed by atoms with Gasteiger partial charge in [-0.1, -0.05) is 12.1 Å². The lowest BCUT2D eigenvalue weighted by molar-refractivity contribution is 0.0674. The van der Waals surface area contributed by atoms with E-state index in [1.165, 1.54) is 30.3 Å². The van der Waals surface area contributed by atoms with E-state index in [2.05, 4.69) is 0 Å². The highest BCUT2D eigenvalue weighted by Gasteiger charge is 2.06. The largest absolute Gasteiger partial charge is 0.478 e. The number of carboxylic acid groups (broad SMARTS) is 1. The predicted octanol–water partition coefficient (Wildman–Crippen LogP) is 1.31. The molecular formula is C13H10FNO4. The molecule has 0 aliphatic rings. The highest BCUT2D eigenvalue weighted by atomic mass is 19.1. The minimum Gasteiger partial charge on any atom is -0.478 e. The Kier molecular flexibility index (Phi) is 3.61. The first-order chi connectivity index (χ1) is 9.06. The summed E-state index contributed by atoms with van der Waals surface area (Å²) in [6.45, 7) is 0.0310. The number of benzene rings is 1. The van der Waals surface area contributed by atoms with Gasteiger partial charge in [-0.2, -0.15) is 4.73 Å². The van der Waals surface area contributed by atoms with Gasteiger partial charge in [0, 0.05) is 6.07 Å². The number of nitrogens with zero attached hydrogens (tertiary/aromatic N) is 1. The molecule has 1 N–H and O–H groups in total. The quantitative estimate of drug-likeness (QED) is 0.903. The van der Waals surface area contributed by atoms with Crippen molar-refractivity contribution in [2.24, 2.45) is 0 Å². The molecular weight excluding hydrogens is 253 g/mol. The summed E-state index contributed by atoms with van der Waals surface area (Å²) in [5.41, 5.74) is 0.125. The molecule has 0 amide bonds. The van der Waals surface area contributed by atoms with E-state index in [4.69, 9.17) is 9.94 Å². The molecule has 0 spiro atoms. The predicted molar refractivity (Wildman–Crippen MR) is 64.3 cm³/mol. The Balaban J connectivity index is 2.15. The summed E-state index contributed by atoms with van der Waals surface area (Å²) in [4.78, 5) is 27.4. The third-order valence-corrected chi connectivity index (χ3v) is 2.41. The van der Waals surface area contributed by atoms with Crippen LogP contribution in [0, 0.1) is 5.82 Å². The summed E-state index contributed by atoms with van der Waals surface area (Å²) in [5.74, 6) is -1.52. The fourth-order valence-corrected chi connectivity index (χ4v) is 1.42. The lowest BCUT2D eigenvalue weighted by atomic mass is 10.2. The minimum absolute atomic E-state index is 0.0310. The Morgan fingerprint density at radius 3 is 2.53 bits per heavy atom. The van der Waals surface area contributed by atoms with E-state index in [1.54, 1.807) is 0 Å². The Labute approximate surface area is 107 Å². The summed E-state index contributed by atoms with van der Waals surface area (Å²) >= 11 is 0. The van der Waals surface area contributed by atoms with Crippen molar-refractivity contribution >= 4 is 5.97 Å².